The molecule has 0 aromatic heterocycles. The van der Waals surface area contributed by atoms with Crippen LogP contribution in [-0.4, -0.2) is 18.2 Å². The molecule has 1 aliphatic rings. The van der Waals surface area contributed by atoms with Gasteiger partial charge in [-0.05, 0) is 43.6 Å². The van der Waals surface area contributed by atoms with Crippen molar-refractivity contribution in [2.24, 2.45) is 0 Å². The van der Waals surface area contributed by atoms with Crippen LogP contribution in [0.3, 0.4) is 0 Å². The molecule has 1 N–H and O–H groups in total. The molecule has 0 heterocycles. The summed E-state index contributed by atoms with van der Waals surface area (Å²) in [6, 6.07) is 7.83. The zero-order valence-corrected chi connectivity index (χ0v) is 12.3. The first-order chi connectivity index (χ1) is 9.31. The van der Waals surface area contributed by atoms with Gasteiger partial charge in [-0.1, -0.05) is 30.7 Å². The van der Waals surface area contributed by atoms with Gasteiger partial charge in [-0.15, -0.1) is 11.8 Å². The molecule has 0 fully saturated rings. The number of benzene rings is 1. The monoisotopic (exact) mass is 275 g/mol. The van der Waals surface area contributed by atoms with E-state index in [1.807, 2.05) is 24.3 Å². The van der Waals surface area contributed by atoms with Crippen molar-refractivity contribution >= 4 is 17.7 Å². The summed E-state index contributed by atoms with van der Waals surface area (Å²) in [4.78, 5) is 13.3. The normalized spacial score (nSPS) is 14.9. The van der Waals surface area contributed by atoms with Gasteiger partial charge in [-0.3, -0.25) is 4.79 Å². The van der Waals surface area contributed by atoms with Crippen molar-refractivity contribution in [1.29, 1.82) is 0 Å². The molecule has 0 bridgehead atoms. The summed E-state index contributed by atoms with van der Waals surface area (Å²) in [5.74, 6) is 1.03. The molecule has 0 unspecified atom stereocenters. The molecule has 1 aliphatic carbocycles. The van der Waals surface area contributed by atoms with Crippen molar-refractivity contribution in [1.82, 2.24) is 5.32 Å². The number of allylic oxidation sites excluding steroid dienone is 1. The van der Waals surface area contributed by atoms with E-state index in [1.165, 1.54) is 18.4 Å². The van der Waals surface area contributed by atoms with Gasteiger partial charge in [0.25, 0.3) is 5.91 Å². The minimum atomic E-state index is 0.0445. The van der Waals surface area contributed by atoms with E-state index >= 15 is 0 Å². The Bertz CT molecular complexity index is 468. The molecular weight excluding hydrogens is 254 g/mol. The standard InChI is InChI=1S/C16H21NOS/c1-2-19-15-11-7-6-10-14(15)16(18)17-12-13-8-4-3-5-9-13/h6-8,10-11H,2-5,9,12H2,1H3,(H,17,18). The molecule has 2 nitrogen and oxygen atoms in total. The van der Waals surface area contributed by atoms with E-state index in [1.54, 1.807) is 11.8 Å². The Kier molecular flexibility index (Phi) is 5.52. The second-order valence-corrected chi connectivity index (χ2v) is 6.03. The average Bonchev–Trinajstić information content (AvgIpc) is 2.47. The Morgan fingerprint density at radius 3 is 2.89 bits per heavy atom. The fourth-order valence-corrected chi connectivity index (χ4v) is 3.09. The van der Waals surface area contributed by atoms with Crippen LogP contribution in [0.15, 0.2) is 40.8 Å². The van der Waals surface area contributed by atoms with Crippen LogP contribution in [-0.2, 0) is 0 Å². The summed E-state index contributed by atoms with van der Waals surface area (Å²) in [6.45, 7) is 2.80. The molecule has 0 aliphatic heterocycles. The van der Waals surface area contributed by atoms with Gasteiger partial charge in [0, 0.05) is 11.4 Å². The lowest BCUT2D eigenvalue weighted by molar-refractivity contribution is 0.0953. The predicted molar refractivity (Wildman–Crippen MR) is 81.7 cm³/mol. The zero-order valence-electron chi connectivity index (χ0n) is 11.4. The largest absolute Gasteiger partial charge is 0.348 e. The minimum absolute atomic E-state index is 0.0445. The van der Waals surface area contributed by atoms with Crippen LogP contribution in [0.1, 0.15) is 43.0 Å². The van der Waals surface area contributed by atoms with Crippen LogP contribution < -0.4 is 5.32 Å². The Balaban J connectivity index is 1.97. The number of hydrogen-bond acceptors (Lipinski definition) is 2. The van der Waals surface area contributed by atoms with Crippen molar-refractivity contribution in [2.75, 3.05) is 12.3 Å². The van der Waals surface area contributed by atoms with E-state index in [0.717, 1.165) is 29.1 Å². The van der Waals surface area contributed by atoms with E-state index in [0.29, 0.717) is 6.54 Å². The topological polar surface area (TPSA) is 29.1 Å². The third kappa shape index (κ3) is 4.13. The fraction of sp³-hybridized carbons (Fsp3) is 0.438. The highest BCUT2D eigenvalue weighted by atomic mass is 32.2. The number of carbonyl (C=O) groups excluding carboxylic acids is 1. The number of amides is 1. The quantitative estimate of drug-likeness (QED) is 0.649. The minimum Gasteiger partial charge on any atom is -0.348 e. The molecule has 2 rings (SSSR count). The van der Waals surface area contributed by atoms with Crippen molar-refractivity contribution in [3.63, 3.8) is 0 Å². The predicted octanol–water partition coefficient (Wildman–Crippen LogP) is 4.03. The van der Waals surface area contributed by atoms with Crippen molar-refractivity contribution in [2.45, 2.75) is 37.5 Å². The van der Waals surface area contributed by atoms with E-state index in [2.05, 4.69) is 18.3 Å². The number of hydrogen-bond donors (Lipinski definition) is 1. The Labute approximate surface area is 119 Å². The zero-order chi connectivity index (χ0) is 13.5. The van der Waals surface area contributed by atoms with Crippen molar-refractivity contribution in [3.05, 3.63) is 41.5 Å². The van der Waals surface area contributed by atoms with Gasteiger partial charge in [0.15, 0.2) is 0 Å². The Hall–Kier alpha value is -1.22. The summed E-state index contributed by atoms with van der Waals surface area (Å²) in [5.41, 5.74) is 2.17. The third-order valence-electron chi connectivity index (χ3n) is 3.29. The Morgan fingerprint density at radius 1 is 1.32 bits per heavy atom. The third-order valence-corrected chi connectivity index (χ3v) is 4.25. The first-order valence-electron chi connectivity index (χ1n) is 6.99. The first kappa shape index (κ1) is 14.2. The maximum Gasteiger partial charge on any atom is 0.252 e. The maximum absolute atomic E-state index is 12.2. The lowest BCUT2D eigenvalue weighted by Crippen LogP contribution is -2.26. The SMILES string of the molecule is CCSc1ccccc1C(=O)NCC1=CCCCC1. The van der Waals surface area contributed by atoms with Gasteiger partial charge < -0.3 is 5.32 Å². The highest BCUT2D eigenvalue weighted by molar-refractivity contribution is 7.99. The van der Waals surface area contributed by atoms with Crippen molar-refractivity contribution < 1.29 is 4.79 Å². The molecule has 0 atom stereocenters. The highest BCUT2D eigenvalue weighted by Gasteiger charge is 2.11. The van der Waals surface area contributed by atoms with Crippen LogP contribution in [0.2, 0.25) is 0 Å². The second kappa shape index (κ2) is 7.39. The average molecular weight is 275 g/mol. The van der Waals surface area contributed by atoms with Gasteiger partial charge in [0.2, 0.25) is 0 Å². The van der Waals surface area contributed by atoms with Gasteiger partial charge in [-0.2, -0.15) is 0 Å². The van der Waals surface area contributed by atoms with Crippen LogP contribution in [0.4, 0.5) is 0 Å². The van der Waals surface area contributed by atoms with E-state index < -0.39 is 0 Å². The molecule has 3 heteroatoms. The lowest BCUT2D eigenvalue weighted by Gasteiger charge is -2.14. The highest BCUT2D eigenvalue weighted by Crippen LogP contribution is 2.22. The lowest BCUT2D eigenvalue weighted by atomic mass is 9.99. The van der Waals surface area contributed by atoms with Gasteiger partial charge in [0.05, 0.1) is 5.56 Å². The summed E-state index contributed by atoms with van der Waals surface area (Å²) in [6.07, 6.45) is 7.10. The van der Waals surface area contributed by atoms with Crippen molar-refractivity contribution in [3.8, 4) is 0 Å². The first-order valence-corrected chi connectivity index (χ1v) is 7.97. The summed E-state index contributed by atoms with van der Waals surface area (Å²) >= 11 is 1.72. The molecule has 0 radical (unpaired) electrons. The van der Waals surface area contributed by atoms with Gasteiger partial charge in [-0.25, -0.2) is 0 Å². The summed E-state index contributed by atoms with van der Waals surface area (Å²) in [5, 5.41) is 3.05. The Morgan fingerprint density at radius 2 is 2.16 bits per heavy atom. The smallest absolute Gasteiger partial charge is 0.252 e. The van der Waals surface area contributed by atoms with E-state index in [9.17, 15) is 4.79 Å². The molecule has 19 heavy (non-hydrogen) atoms. The number of carbonyl (C=O) groups is 1. The molecule has 102 valence electrons. The fourth-order valence-electron chi connectivity index (χ4n) is 2.29. The maximum atomic E-state index is 12.2. The molecule has 1 aromatic carbocycles. The number of thioether (sulfide) groups is 1. The van der Waals surface area contributed by atoms with E-state index in [4.69, 9.17) is 0 Å². The van der Waals surface area contributed by atoms with Crippen LogP contribution in [0, 0.1) is 0 Å². The van der Waals surface area contributed by atoms with Crippen LogP contribution in [0.25, 0.3) is 0 Å². The molecule has 0 saturated carbocycles. The molecule has 0 saturated heterocycles. The second-order valence-electron chi connectivity index (χ2n) is 4.72. The molecule has 0 spiro atoms. The van der Waals surface area contributed by atoms with Crippen LogP contribution >= 0.6 is 11.8 Å². The molecule has 1 amide bonds. The van der Waals surface area contributed by atoms with Gasteiger partial charge >= 0.3 is 0 Å². The molecular formula is C16H21NOS. The van der Waals surface area contributed by atoms with E-state index in [-0.39, 0.29) is 5.91 Å². The van der Waals surface area contributed by atoms with Gasteiger partial charge in [0.1, 0.15) is 0 Å². The summed E-state index contributed by atoms with van der Waals surface area (Å²) < 4.78 is 0. The number of nitrogens with one attached hydrogen (secondary N) is 1. The number of rotatable bonds is 5. The summed E-state index contributed by atoms with van der Waals surface area (Å²) in [7, 11) is 0. The van der Waals surface area contributed by atoms with Crippen LogP contribution in [0.5, 0.6) is 0 Å². The molecule has 1 aromatic rings.